The predicted molar refractivity (Wildman–Crippen MR) is 111 cm³/mol. The van der Waals surface area contributed by atoms with Gasteiger partial charge in [-0.1, -0.05) is 20.8 Å². The Balaban J connectivity index is 2.15. The zero-order chi connectivity index (χ0) is 21.8. The third-order valence-electron chi connectivity index (χ3n) is 4.80. The lowest BCUT2D eigenvalue weighted by atomic mass is 9.97. The smallest absolute Gasteiger partial charge is 0.335 e. The minimum atomic E-state index is -0.609. The molecule has 0 saturated carbocycles. The van der Waals surface area contributed by atoms with E-state index in [1.54, 1.807) is 0 Å². The fourth-order valence-electron chi connectivity index (χ4n) is 3.12. The van der Waals surface area contributed by atoms with Gasteiger partial charge in [-0.3, -0.25) is 0 Å². The van der Waals surface area contributed by atoms with E-state index in [4.69, 9.17) is 18.6 Å². The van der Waals surface area contributed by atoms with E-state index in [0.29, 0.717) is 25.5 Å². The highest BCUT2D eigenvalue weighted by Gasteiger charge is 2.23. The van der Waals surface area contributed by atoms with Crippen molar-refractivity contribution in [3.05, 3.63) is 46.2 Å². The van der Waals surface area contributed by atoms with Crippen molar-refractivity contribution < 1.29 is 23.4 Å². The number of esters is 1. The summed E-state index contributed by atoms with van der Waals surface area (Å²) < 4.78 is 22.2. The van der Waals surface area contributed by atoms with Crippen LogP contribution >= 0.6 is 0 Å². The number of aryl methyl sites for hydroxylation is 3. The van der Waals surface area contributed by atoms with Crippen molar-refractivity contribution in [3.63, 3.8) is 0 Å². The zero-order valence-corrected chi connectivity index (χ0v) is 18.8. The van der Waals surface area contributed by atoms with Gasteiger partial charge in [0.1, 0.15) is 23.8 Å². The van der Waals surface area contributed by atoms with Gasteiger partial charge in [-0.05, 0) is 56.5 Å². The maximum Gasteiger partial charge on any atom is 0.335 e. The Hall–Kier alpha value is -2.34. The fourth-order valence-corrected chi connectivity index (χ4v) is 3.12. The fraction of sp³-hybridized carbons (Fsp3) is 0.565. The van der Waals surface area contributed by atoms with Crippen LogP contribution in [0.25, 0.3) is 0 Å². The quantitative estimate of drug-likeness (QED) is 0.600. The molecule has 0 fully saturated rings. The minimum absolute atomic E-state index is 0.144. The molecule has 0 aliphatic rings. The number of ether oxygens (including phenoxy) is 3. The molecule has 0 N–H and O–H groups in total. The Bertz CT molecular complexity index is 824. The lowest BCUT2D eigenvalue weighted by Crippen LogP contribution is -2.28. The van der Waals surface area contributed by atoms with E-state index in [2.05, 4.69) is 25.8 Å². The highest BCUT2D eigenvalue weighted by molar-refractivity contribution is 5.75. The first-order chi connectivity index (χ1) is 13.6. The van der Waals surface area contributed by atoms with Crippen LogP contribution in [-0.4, -0.2) is 30.8 Å². The Labute approximate surface area is 173 Å². The van der Waals surface area contributed by atoms with Crippen LogP contribution in [0, 0.1) is 20.8 Å². The standard InChI is InChI=1S/C23H33NO5/c1-9-27-20(21(25)26-8)12-18-14(2)10-17(11-15(18)3)28-13-19-16(4)29-22(24-19)23(5,6)7/h10-11,20H,9,12-13H2,1-8H3/t20-/m0/s1. The van der Waals surface area contributed by atoms with Gasteiger partial charge in [-0.2, -0.15) is 0 Å². The van der Waals surface area contributed by atoms with Crippen LogP contribution < -0.4 is 4.74 Å². The first-order valence-electron chi connectivity index (χ1n) is 9.95. The molecule has 1 aromatic heterocycles. The van der Waals surface area contributed by atoms with E-state index in [0.717, 1.165) is 33.9 Å². The van der Waals surface area contributed by atoms with Crippen molar-refractivity contribution in [3.8, 4) is 5.75 Å². The largest absolute Gasteiger partial charge is 0.487 e. The van der Waals surface area contributed by atoms with Crippen molar-refractivity contribution in [1.29, 1.82) is 0 Å². The number of nitrogens with zero attached hydrogens (tertiary/aromatic N) is 1. The van der Waals surface area contributed by atoms with Gasteiger partial charge in [-0.25, -0.2) is 9.78 Å². The van der Waals surface area contributed by atoms with Crippen LogP contribution in [0.4, 0.5) is 0 Å². The molecule has 0 amide bonds. The molecular weight excluding hydrogens is 370 g/mol. The number of aromatic nitrogens is 1. The van der Waals surface area contributed by atoms with Gasteiger partial charge in [0.25, 0.3) is 0 Å². The van der Waals surface area contributed by atoms with E-state index in [9.17, 15) is 4.79 Å². The molecule has 6 heteroatoms. The molecule has 1 atom stereocenters. The van der Waals surface area contributed by atoms with Crippen LogP contribution in [0.15, 0.2) is 16.5 Å². The second-order valence-electron chi connectivity index (χ2n) is 8.27. The number of rotatable bonds is 8. The summed E-state index contributed by atoms with van der Waals surface area (Å²) in [6.45, 7) is 14.8. The first-order valence-corrected chi connectivity index (χ1v) is 9.95. The van der Waals surface area contributed by atoms with Gasteiger partial charge in [-0.15, -0.1) is 0 Å². The van der Waals surface area contributed by atoms with Crippen LogP contribution in [0.3, 0.4) is 0 Å². The van der Waals surface area contributed by atoms with E-state index >= 15 is 0 Å². The van der Waals surface area contributed by atoms with Crippen molar-refractivity contribution >= 4 is 5.97 Å². The first kappa shape index (κ1) is 22.9. The van der Waals surface area contributed by atoms with Gasteiger partial charge >= 0.3 is 5.97 Å². The van der Waals surface area contributed by atoms with Crippen molar-refractivity contribution in [2.75, 3.05) is 13.7 Å². The van der Waals surface area contributed by atoms with Crippen molar-refractivity contribution in [2.45, 2.75) is 73.0 Å². The Morgan fingerprint density at radius 1 is 1.17 bits per heavy atom. The highest BCUT2D eigenvalue weighted by Crippen LogP contribution is 2.27. The summed E-state index contributed by atoms with van der Waals surface area (Å²) in [4.78, 5) is 16.6. The van der Waals surface area contributed by atoms with E-state index in [1.807, 2.05) is 39.8 Å². The summed E-state index contributed by atoms with van der Waals surface area (Å²) in [6, 6.07) is 3.95. The van der Waals surface area contributed by atoms with E-state index in [-0.39, 0.29) is 11.4 Å². The number of hydrogen-bond donors (Lipinski definition) is 0. The molecule has 0 bridgehead atoms. The molecule has 2 aromatic rings. The van der Waals surface area contributed by atoms with Crippen molar-refractivity contribution in [1.82, 2.24) is 4.98 Å². The number of carbonyl (C=O) groups excluding carboxylic acids is 1. The molecule has 0 spiro atoms. The summed E-state index contributed by atoms with van der Waals surface area (Å²) in [5, 5.41) is 0. The number of oxazole rings is 1. The maximum atomic E-state index is 12.0. The third-order valence-corrected chi connectivity index (χ3v) is 4.80. The number of methoxy groups -OCH3 is 1. The topological polar surface area (TPSA) is 70.8 Å². The molecule has 0 saturated heterocycles. The van der Waals surface area contributed by atoms with Gasteiger partial charge in [0.2, 0.25) is 0 Å². The minimum Gasteiger partial charge on any atom is -0.487 e. The van der Waals surface area contributed by atoms with E-state index < -0.39 is 6.10 Å². The molecule has 29 heavy (non-hydrogen) atoms. The summed E-state index contributed by atoms with van der Waals surface area (Å²) in [5.74, 6) is 1.88. The monoisotopic (exact) mass is 403 g/mol. The molecule has 1 aromatic carbocycles. The van der Waals surface area contributed by atoms with Gasteiger partial charge in [0.15, 0.2) is 12.0 Å². The average molecular weight is 404 g/mol. The molecule has 2 rings (SSSR count). The summed E-state index contributed by atoms with van der Waals surface area (Å²) in [7, 11) is 1.38. The Morgan fingerprint density at radius 2 is 1.79 bits per heavy atom. The SMILES string of the molecule is CCO[C@@H](Cc1c(C)cc(OCc2nc(C(C)(C)C)oc2C)cc1C)C(=O)OC. The van der Waals surface area contributed by atoms with Gasteiger partial charge in [0, 0.05) is 18.4 Å². The van der Waals surface area contributed by atoms with Gasteiger partial charge in [0.05, 0.1) is 7.11 Å². The summed E-state index contributed by atoms with van der Waals surface area (Å²) in [5.41, 5.74) is 3.81. The molecule has 160 valence electrons. The zero-order valence-electron chi connectivity index (χ0n) is 18.8. The van der Waals surface area contributed by atoms with Gasteiger partial charge < -0.3 is 18.6 Å². The van der Waals surface area contributed by atoms with Crippen LogP contribution in [0.2, 0.25) is 0 Å². The Morgan fingerprint density at radius 3 is 2.28 bits per heavy atom. The van der Waals surface area contributed by atoms with E-state index in [1.165, 1.54) is 7.11 Å². The van der Waals surface area contributed by atoms with Crippen molar-refractivity contribution in [2.24, 2.45) is 0 Å². The number of carbonyl (C=O) groups is 1. The lowest BCUT2D eigenvalue weighted by Gasteiger charge is -2.18. The molecule has 1 heterocycles. The maximum absolute atomic E-state index is 12.0. The number of benzene rings is 1. The second kappa shape index (κ2) is 9.44. The Kier molecular flexibility index (Phi) is 7.47. The lowest BCUT2D eigenvalue weighted by molar-refractivity contribution is -0.153. The average Bonchev–Trinajstić information content (AvgIpc) is 3.02. The number of hydrogen-bond acceptors (Lipinski definition) is 6. The molecule has 6 nitrogen and oxygen atoms in total. The van der Waals surface area contributed by atoms with Crippen LogP contribution in [0.5, 0.6) is 5.75 Å². The summed E-state index contributed by atoms with van der Waals surface area (Å²) >= 11 is 0. The summed E-state index contributed by atoms with van der Waals surface area (Å²) in [6.07, 6.45) is -0.140. The molecule has 0 unspecified atom stereocenters. The third kappa shape index (κ3) is 5.82. The molecule has 0 aliphatic carbocycles. The second-order valence-corrected chi connectivity index (χ2v) is 8.27. The highest BCUT2D eigenvalue weighted by atomic mass is 16.6. The van der Waals surface area contributed by atoms with Crippen LogP contribution in [-0.2, 0) is 32.7 Å². The molecular formula is C23H33NO5. The molecule has 0 radical (unpaired) electrons. The predicted octanol–water partition coefficient (Wildman–Crippen LogP) is 4.60. The normalized spacial score (nSPS) is 12.7. The molecule has 0 aliphatic heterocycles. The van der Waals surface area contributed by atoms with Crippen LogP contribution in [0.1, 0.15) is 61.7 Å².